The van der Waals surface area contributed by atoms with E-state index in [1.165, 1.54) is 12.1 Å². The molecule has 0 saturated heterocycles. The largest absolute Gasteiger partial charge is 0.417 e. The topological polar surface area (TPSA) is 93.0 Å². The van der Waals surface area contributed by atoms with Gasteiger partial charge in [-0.2, -0.15) is 13.2 Å². The Morgan fingerprint density at radius 1 is 1.33 bits per heavy atom. The molecule has 0 aliphatic heterocycles. The highest BCUT2D eigenvalue weighted by Crippen LogP contribution is 2.32. The first kappa shape index (κ1) is 19.2. The number of carbonyl (C=O) groups is 1. The van der Waals surface area contributed by atoms with Crippen LogP contribution in [0.5, 0.6) is 0 Å². The molecular weight excluding hydrogens is 307 g/mol. The molecule has 21 heavy (non-hydrogen) atoms. The van der Waals surface area contributed by atoms with Crippen molar-refractivity contribution in [3.05, 3.63) is 34.9 Å². The van der Waals surface area contributed by atoms with E-state index < -0.39 is 29.4 Å². The molecule has 0 fully saturated rings. The van der Waals surface area contributed by atoms with Gasteiger partial charge in [0.2, 0.25) is 5.91 Å². The highest BCUT2D eigenvalue weighted by Gasteiger charge is 2.34. The van der Waals surface area contributed by atoms with Crippen LogP contribution in [0, 0.1) is 11.3 Å². The summed E-state index contributed by atoms with van der Waals surface area (Å²) in [5, 5.41) is 7.25. The molecule has 1 rings (SSSR count). The Kier molecular flexibility index (Phi) is 6.69. The van der Waals surface area contributed by atoms with Crippen LogP contribution in [-0.4, -0.2) is 11.7 Å². The molecule has 1 aromatic rings. The SMILES string of the molecule is CCC(Cc1ccc(C(F)(F)F)c(C(=N)N)c1)C(N)=O.Cl. The van der Waals surface area contributed by atoms with Crippen molar-refractivity contribution in [1.82, 2.24) is 0 Å². The number of nitrogens with two attached hydrogens (primary N) is 2. The fourth-order valence-corrected chi connectivity index (χ4v) is 1.92. The summed E-state index contributed by atoms with van der Waals surface area (Å²) in [7, 11) is 0. The lowest BCUT2D eigenvalue weighted by molar-refractivity contribution is -0.137. The van der Waals surface area contributed by atoms with Crippen molar-refractivity contribution < 1.29 is 18.0 Å². The number of amides is 1. The Bertz CT molecular complexity index is 532. The lowest BCUT2D eigenvalue weighted by Gasteiger charge is -2.15. The van der Waals surface area contributed by atoms with Crippen molar-refractivity contribution in [3.63, 3.8) is 0 Å². The van der Waals surface area contributed by atoms with Crippen LogP contribution in [0.15, 0.2) is 18.2 Å². The van der Waals surface area contributed by atoms with E-state index in [-0.39, 0.29) is 24.4 Å². The van der Waals surface area contributed by atoms with Gasteiger partial charge >= 0.3 is 6.18 Å². The summed E-state index contributed by atoms with van der Waals surface area (Å²) in [4.78, 5) is 11.2. The zero-order chi connectivity index (χ0) is 15.5. The van der Waals surface area contributed by atoms with E-state index in [0.29, 0.717) is 12.0 Å². The van der Waals surface area contributed by atoms with E-state index in [1.807, 2.05) is 0 Å². The van der Waals surface area contributed by atoms with E-state index in [1.54, 1.807) is 6.92 Å². The van der Waals surface area contributed by atoms with Crippen molar-refractivity contribution in [3.8, 4) is 0 Å². The molecule has 0 aliphatic carbocycles. The summed E-state index contributed by atoms with van der Waals surface area (Å²) in [6, 6.07) is 3.34. The lowest BCUT2D eigenvalue weighted by Crippen LogP contribution is -2.25. The highest BCUT2D eigenvalue weighted by atomic mass is 35.5. The maximum absolute atomic E-state index is 12.8. The Morgan fingerprint density at radius 3 is 2.29 bits per heavy atom. The van der Waals surface area contributed by atoms with Crippen molar-refractivity contribution >= 4 is 24.1 Å². The number of nitrogen functional groups attached to an aromatic ring is 1. The number of hydrogen-bond donors (Lipinski definition) is 3. The van der Waals surface area contributed by atoms with Crippen LogP contribution in [0.1, 0.15) is 30.0 Å². The van der Waals surface area contributed by atoms with Gasteiger partial charge in [-0.15, -0.1) is 12.4 Å². The predicted molar refractivity (Wildman–Crippen MR) is 76.4 cm³/mol. The summed E-state index contributed by atoms with van der Waals surface area (Å²) in [5.41, 5.74) is 9.56. The van der Waals surface area contributed by atoms with Gasteiger partial charge in [0.25, 0.3) is 0 Å². The molecule has 1 atom stereocenters. The maximum atomic E-state index is 12.8. The number of hydrogen-bond acceptors (Lipinski definition) is 2. The molecule has 0 heterocycles. The minimum Gasteiger partial charge on any atom is -0.384 e. The fourth-order valence-electron chi connectivity index (χ4n) is 1.92. The van der Waals surface area contributed by atoms with Gasteiger partial charge < -0.3 is 11.5 Å². The van der Waals surface area contributed by atoms with E-state index in [0.717, 1.165) is 6.07 Å². The molecule has 118 valence electrons. The van der Waals surface area contributed by atoms with Gasteiger partial charge in [0.15, 0.2) is 0 Å². The number of carbonyl (C=O) groups excluding carboxylic acids is 1. The van der Waals surface area contributed by atoms with Crippen molar-refractivity contribution in [1.29, 1.82) is 5.41 Å². The fraction of sp³-hybridized carbons (Fsp3) is 0.385. The minimum absolute atomic E-state index is 0. The van der Waals surface area contributed by atoms with Crippen LogP contribution in [0.25, 0.3) is 0 Å². The molecule has 0 bridgehead atoms. The van der Waals surface area contributed by atoms with E-state index >= 15 is 0 Å². The van der Waals surface area contributed by atoms with Gasteiger partial charge in [-0.3, -0.25) is 10.2 Å². The van der Waals surface area contributed by atoms with Crippen LogP contribution in [0.4, 0.5) is 13.2 Å². The quantitative estimate of drug-likeness (QED) is 0.573. The summed E-state index contributed by atoms with van der Waals surface area (Å²) in [6.07, 6.45) is -3.86. The third-order valence-corrected chi connectivity index (χ3v) is 3.06. The van der Waals surface area contributed by atoms with Crippen molar-refractivity contribution in [2.24, 2.45) is 17.4 Å². The maximum Gasteiger partial charge on any atom is 0.417 e. The van der Waals surface area contributed by atoms with E-state index in [4.69, 9.17) is 16.9 Å². The number of rotatable bonds is 5. The molecule has 1 aromatic carbocycles. The van der Waals surface area contributed by atoms with E-state index in [9.17, 15) is 18.0 Å². The molecular formula is C13H17ClF3N3O. The van der Waals surface area contributed by atoms with E-state index in [2.05, 4.69) is 0 Å². The first-order valence-corrected chi connectivity index (χ1v) is 6.00. The molecule has 8 heteroatoms. The number of alkyl halides is 3. The Labute approximate surface area is 126 Å². The molecule has 1 unspecified atom stereocenters. The Hall–Kier alpha value is -1.76. The lowest BCUT2D eigenvalue weighted by atomic mass is 9.93. The van der Waals surface area contributed by atoms with Crippen LogP contribution < -0.4 is 11.5 Å². The molecule has 1 amide bonds. The summed E-state index contributed by atoms with van der Waals surface area (Å²) in [6.45, 7) is 1.77. The molecule has 0 spiro atoms. The van der Waals surface area contributed by atoms with Gasteiger partial charge in [-0.05, 0) is 30.5 Å². The van der Waals surface area contributed by atoms with Crippen molar-refractivity contribution in [2.45, 2.75) is 25.9 Å². The van der Waals surface area contributed by atoms with Gasteiger partial charge in [0, 0.05) is 11.5 Å². The van der Waals surface area contributed by atoms with Gasteiger partial charge in [-0.25, -0.2) is 0 Å². The molecule has 4 nitrogen and oxygen atoms in total. The van der Waals surface area contributed by atoms with Gasteiger partial charge in [0.05, 0.1) is 5.56 Å². The number of primary amides is 1. The summed E-state index contributed by atoms with van der Waals surface area (Å²) < 4.78 is 38.3. The highest BCUT2D eigenvalue weighted by molar-refractivity contribution is 5.96. The second kappa shape index (κ2) is 7.31. The minimum atomic E-state index is -4.58. The Morgan fingerprint density at radius 2 is 1.90 bits per heavy atom. The normalized spacial score (nSPS) is 12.4. The third-order valence-electron chi connectivity index (χ3n) is 3.06. The molecule has 5 N–H and O–H groups in total. The molecule has 0 aliphatic rings. The van der Waals surface area contributed by atoms with Crippen molar-refractivity contribution in [2.75, 3.05) is 0 Å². The second-order valence-electron chi connectivity index (χ2n) is 4.50. The average Bonchev–Trinajstić information content (AvgIpc) is 2.33. The first-order chi connectivity index (χ1) is 9.16. The van der Waals surface area contributed by atoms with Crippen LogP contribution >= 0.6 is 12.4 Å². The first-order valence-electron chi connectivity index (χ1n) is 6.00. The van der Waals surface area contributed by atoms with Gasteiger partial charge in [-0.1, -0.05) is 13.0 Å². The zero-order valence-electron chi connectivity index (χ0n) is 11.3. The Balaban J connectivity index is 0.00000400. The van der Waals surface area contributed by atoms with Gasteiger partial charge in [0.1, 0.15) is 5.84 Å². The monoisotopic (exact) mass is 323 g/mol. The third kappa shape index (κ3) is 4.93. The van der Waals surface area contributed by atoms with Crippen LogP contribution in [-0.2, 0) is 17.4 Å². The molecule has 0 aromatic heterocycles. The van der Waals surface area contributed by atoms with Crippen LogP contribution in [0.2, 0.25) is 0 Å². The molecule has 0 saturated carbocycles. The number of benzene rings is 1. The predicted octanol–water partition coefficient (Wildman–Crippen LogP) is 2.47. The molecule has 0 radical (unpaired) electrons. The smallest absolute Gasteiger partial charge is 0.384 e. The summed E-state index contributed by atoms with van der Waals surface area (Å²) >= 11 is 0. The van der Waals surface area contributed by atoms with Crippen LogP contribution in [0.3, 0.4) is 0 Å². The average molecular weight is 324 g/mol. The summed E-state index contributed by atoms with van der Waals surface area (Å²) in [5.74, 6) is -1.62. The second-order valence-corrected chi connectivity index (χ2v) is 4.50. The number of amidine groups is 1. The number of nitrogens with one attached hydrogen (secondary N) is 1. The zero-order valence-corrected chi connectivity index (χ0v) is 12.1. The standard InChI is InChI=1S/C13H16F3N3O.ClH/c1-2-8(12(19)20)5-7-3-4-10(13(14,15)16)9(6-7)11(17)18;/h3-4,6,8H,2,5H2,1H3,(H3,17,18)(H2,19,20);1H. The number of halogens is 4.